The molecule has 0 bridgehead atoms. The molecule has 1 rings (SSSR count). The number of rotatable bonds is 11. The van der Waals surface area contributed by atoms with Crippen LogP contribution < -0.4 is 15.0 Å². The molecular formula is C17H30N2O. The van der Waals surface area contributed by atoms with E-state index >= 15 is 0 Å². The Balaban J connectivity index is 2.05. The molecule has 0 aliphatic heterocycles. The largest absolute Gasteiger partial charge is 0.494 e. The van der Waals surface area contributed by atoms with Gasteiger partial charge in [0.05, 0.1) is 6.61 Å². The molecule has 3 nitrogen and oxygen atoms in total. The fourth-order valence-electron chi connectivity index (χ4n) is 2.05. The molecule has 0 aliphatic rings. The van der Waals surface area contributed by atoms with E-state index in [2.05, 4.69) is 29.3 Å². The molecule has 114 valence electrons. The van der Waals surface area contributed by atoms with Gasteiger partial charge < -0.3 is 15.0 Å². The Hall–Kier alpha value is -1.22. The lowest BCUT2D eigenvalue weighted by Crippen LogP contribution is -2.15. The molecule has 1 N–H and O–H groups in total. The number of ether oxygens (including phenoxy) is 1. The van der Waals surface area contributed by atoms with Crippen molar-refractivity contribution in [3.63, 3.8) is 0 Å². The van der Waals surface area contributed by atoms with E-state index in [-0.39, 0.29) is 0 Å². The van der Waals surface area contributed by atoms with E-state index in [1.807, 2.05) is 26.2 Å². The molecule has 0 atom stereocenters. The lowest BCUT2D eigenvalue weighted by atomic mass is 10.2. The van der Waals surface area contributed by atoms with Crippen molar-refractivity contribution < 1.29 is 4.74 Å². The summed E-state index contributed by atoms with van der Waals surface area (Å²) in [4.78, 5) is 2.09. The van der Waals surface area contributed by atoms with E-state index in [1.165, 1.54) is 31.4 Å². The molecule has 0 amide bonds. The van der Waals surface area contributed by atoms with E-state index in [1.54, 1.807) is 0 Å². The van der Waals surface area contributed by atoms with Gasteiger partial charge in [-0.15, -0.1) is 0 Å². The topological polar surface area (TPSA) is 24.5 Å². The number of hydrogen-bond donors (Lipinski definition) is 1. The Morgan fingerprint density at radius 1 is 1.05 bits per heavy atom. The number of benzene rings is 1. The molecule has 1 aromatic carbocycles. The highest BCUT2D eigenvalue weighted by Gasteiger charge is 1.98. The summed E-state index contributed by atoms with van der Waals surface area (Å²) in [6.07, 6.45) is 6.18. The monoisotopic (exact) mass is 278 g/mol. The highest BCUT2D eigenvalue weighted by molar-refractivity contribution is 5.49. The lowest BCUT2D eigenvalue weighted by Gasteiger charge is -2.14. The summed E-state index contributed by atoms with van der Waals surface area (Å²) < 4.78 is 5.80. The SMILES string of the molecule is CCCNCCCCCCOc1cccc(N(C)C)c1. The highest BCUT2D eigenvalue weighted by atomic mass is 16.5. The zero-order valence-corrected chi connectivity index (χ0v) is 13.3. The fourth-order valence-corrected chi connectivity index (χ4v) is 2.05. The van der Waals surface area contributed by atoms with Crippen LogP contribution in [0.15, 0.2) is 24.3 Å². The maximum atomic E-state index is 5.80. The van der Waals surface area contributed by atoms with Crippen molar-refractivity contribution in [2.45, 2.75) is 39.0 Å². The molecule has 0 aromatic heterocycles. The van der Waals surface area contributed by atoms with Gasteiger partial charge in [0.15, 0.2) is 0 Å². The van der Waals surface area contributed by atoms with Gasteiger partial charge in [-0.1, -0.05) is 25.8 Å². The van der Waals surface area contributed by atoms with Crippen molar-refractivity contribution in [2.75, 3.05) is 38.7 Å². The lowest BCUT2D eigenvalue weighted by molar-refractivity contribution is 0.304. The molecule has 0 saturated heterocycles. The first kappa shape index (κ1) is 16.8. The van der Waals surface area contributed by atoms with E-state index in [0.29, 0.717) is 0 Å². The molecular weight excluding hydrogens is 248 g/mol. The Bertz CT molecular complexity index is 353. The van der Waals surface area contributed by atoms with Crippen LogP contribution in [0.2, 0.25) is 0 Å². The molecule has 0 saturated carbocycles. The van der Waals surface area contributed by atoms with Crippen molar-refractivity contribution in [3.8, 4) is 5.75 Å². The van der Waals surface area contributed by atoms with Crippen LogP contribution in [0.5, 0.6) is 5.75 Å². The van der Waals surface area contributed by atoms with Crippen LogP contribution in [0.25, 0.3) is 0 Å². The first-order valence-electron chi connectivity index (χ1n) is 7.85. The zero-order valence-electron chi connectivity index (χ0n) is 13.3. The van der Waals surface area contributed by atoms with Crippen LogP contribution in [0.4, 0.5) is 5.69 Å². The van der Waals surface area contributed by atoms with Crippen molar-refractivity contribution in [1.29, 1.82) is 0 Å². The summed E-state index contributed by atoms with van der Waals surface area (Å²) in [5, 5.41) is 3.43. The number of unbranched alkanes of at least 4 members (excludes halogenated alkanes) is 3. The second-order valence-corrected chi connectivity index (χ2v) is 5.40. The highest BCUT2D eigenvalue weighted by Crippen LogP contribution is 2.19. The van der Waals surface area contributed by atoms with Crippen LogP contribution in [0.1, 0.15) is 39.0 Å². The maximum Gasteiger partial charge on any atom is 0.121 e. The third-order valence-corrected chi connectivity index (χ3v) is 3.28. The Kier molecular flexibility index (Phi) is 8.88. The summed E-state index contributed by atoms with van der Waals surface area (Å²) in [7, 11) is 4.09. The van der Waals surface area contributed by atoms with Crippen molar-refractivity contribution in [3.05, 3.63) is 24.3 Å². The summed E-state index contributed by atoms with van der Waals surface area (Å²) in [6.45, 7) is 5.32. The standard InChI is InChI=1S/C17H30N2O/c1-4-12-18-13-7-5-6-8-14-20-17-11-9-10-16(15-17)19(2)3/h9-11,15,18H,4-8,12-14H2,1-3H3. The van der Waals surface area contributed by atoms with Crippen molar-refractivity contribution in [1.82, 2.24) is 5.32 Å². The zero-order chi connectivity index (χ0) is 14.6. The Morgan fingerprint density at radius 2 is 1.85 bits per heavy atom. The van der Waals surface area contributed by atoms with E-state index in [9.17, 15) is 0 Å². The van der Waals surface area contributed by atoms with Gasteiger partial charge in [-0.05, 0) is 44.5 Å². The predicted octanol–water partition coefficient (Wildman–Crippen LogP) is 3.69. The summed E-state index contributed by atoms with van der Waals surface area (Å²) in [5.41, 5.74) is 1.18. The Labute approximate surface area is 124 Å². The quantitative estimate of drug-likeness (QED) is 0.625. The van der Waals surface area contributed by atoms with Crippen LogP contribution in [0.3, 0.4) is 0 Å². The van der Waals surface area contributed by atoms with E-state index in [4.69, 9.17) is 4.74 Å². The molecule has 0 aliphatic carbocycles. The predicted molar refractivity (Wildman–Crippen MR) is 87.9 cm³/mol. The van der Waals surface area contributed by atoms with Crippen LogP contribution in [-0.4, -0.2) is 33.8 Å². The fraction of sp³-hybridized carbons (Fsp3) is 0.647. The summed E-state index contributed by atoms with van der Waals surface area (Å²) in [5.74, 6) is 0.973. The molecule has 0 fully saturated rings. The van der Waals surface area contributed by atoms with Gasteiger partial charge in [-0.25, -0.2) is 0 Å². The second-order valence-electron chi connectivity index (χ2n) is 5.40. The average molecular weight is 278 g/mol. The third kappa shape index (κ3) is 7.39. The normalized spacial score (nSPS) is 10.6. The molecule has 1 aromatic rings. The van der Waals surface area contributed by atoms with Gasteiger partial charge in [0, 0.05) is 25.8 Å². The first-order chi connectivity index (χ1) is 9.74. The van der Waals surface area contributed by atoms with Crippen molar-refractivity contribution >= 4 is 5.69 Å². The minimum Gasteiger partial charge on any atom is -0.494 e. The van der Waals surface area contributed by atoms with Gasteiger partial charge in [-0.3, -0.25) is 0 Å². The van der Waals surface area contributed by atoms with Crippen LogP contribution in [0, 0.1) is 0 Å². The first-order valence-corrected chi connectivity index (χ1v) is 7.85. The molecule has 20 heavy (non-hydrogen) atoms. The van der Waals surface area contributed by atoms with Gasteiger partial charge in [0.2, 0.25) is 0 Å². The number of nitrogens with zero attached hydrogens (tertiary/aromatic N) is 1. The summed E-state index contributed by atoms with van der Waals surface area (Å²) in [6, 6.07) is 8.26. The van der Waals surface area contributed by atoms with Gasteiger partial charge in [0.25, 0.3) is 0 Å². The van der Waals surface area contributed by atoms with Crippen LogP contribution in [-0.2, 0) is 0 Å². The smallest absolute Gasteiger partial charge is 0.121 e. The minimum absolute atomic E-state index is 0.819. The van der Waals surface area contributed by atoms with Gasteiger partial charge in [-0.2, -0.15) is 0 Å². The minimum atomic E-state index is 0.819. The molecule has 0 heterocycles. The Morgan fingerprint density at radius 3 is 2.60 bits per heavy atom. The average Bonchev–Trinajstić information content (AvgIpc) is 2.46. The van der Waals surface area contributed by atoms with E-state index < -0.39 is 0 Å². The molecule has 0 spiro atoms. The van der Waals surface area contributed by atoms with Crippen LogP contribution >= 0.6 is 0 Å². The molecule has 0 radical (unpaired) electrons. The number of nitrogens with one attached hydrogen (secondary N) is 1. The maximum absolute atomic E-state index is 5.80. The molecule has 3 heteroatoms. The van der Waals surface area contributed by atoms with Crippen molar-refractivity contribution in [2.24, 2.45) is 0 Å². The number of hydrogen-bond acceptors (Lipinski definition) is 3. The number of anilines is 1. The third-order valence-electron chi connectivity index (χ3n) is 3.28. The second kappa shape index (κ2) is 10.6. The van der Waals surface area contributed by atoms with E-state index in [0.717, 1.165) is 31.9 Å². The molecule has 0 unspecified atom stereocenters. The van der Waals surface area contributed by atoms with Gasteiger partial charge >= 0.3 is 0 Å². The van der Waals surface area contributed by atoms with Gasteiger partial charge in [0.1, 0.15) is 5.75 Å². The summed E-state index contributed by atoms with van der Waals surface area (Å²) >= 11 is 0.